The zero-order valence-electron chi connectivity index (χ0n) is 13.7. The fraction of sp³-hybridized carbons (Fsp3) is 0.200. The maximum atomic E-state index is 12.4. The molecular formula is C15H16BrN3O5S. The second-order valence-corrected chi connectivity index (χ2v) is 8.20. The van der Waals surface area contributed by atoms with Crippen LogP contribution in [0.15, 0.2) is 44.6 Å². The zero-order chi connectivity index (χ0) is 18.8. The summed E-state index contributed by atoms with van der Waals surface area (Å²) in [5.74, 6) is -0.507. The fourth-order valence-corrected chi connectivity index (χ4v) is 3.38. The first-order valence-corrected chi connectivity index (χ1v) is 9.20. The number of hydrogen-bond acceptors (Lipinski definition) is 5. The topological polar surface area (TPSA) is 109 Å². The second kappa shape index (κ2) is 7.38. The molecule has 2 aromatic rings. The number of carbonyl (C=O) groups excluding carboxylic acids is 1. The Balaban J connectivity index is 2.45. The lowest BCUT2D eigenvalue weighted by atomic mass is 10.2. The number of methoxy groups -OCH3 is 1. The number of H-pyrrole nitrogens is 1. The van der Waals surface area contributed by atoms with Crippen LogP contribution in [0.3, 0.4) is 0 Å². The molecule has 1 heterocycles. The molecule has 134 valence electrons. The molecule has 1 amide bonds. The highest BCUT2D eigenvalue weighted by Crippen LogP contribution is 2.27. The number of halogens is 1. The first-order valence-electron chi connectivity index (χ1n) is 6.97. The Kier molecular flexibility index (Phi) is 5.65. The van der Waals surface area contributed by atoms with Crippen LogP contribution in [-0.2, 0) is 10.0 Å². The van der Waals surface area contributed by atoms with Crippen molar-refractivity contribution in [3.8, 4) is 5.75 Å². The summed E-state index contributed by atoms with van der Waals surface area (Å²) in [5, 5.41) is 2.45. The summed E-state index contributed by atoms with van der Waals surface area (Å²) in [5.41, 5.74) is -0.376. The number of aromatic nitrogens is 1. The van der Waals surface area contributed by atoms with Crippen molar-refractivity contribution in [1.82, 2.24) is 9.29 Å². The standard InChI is InChI=1S/C15H16BrN3O5S/c1-19(2)25(22,23)13-6-9(4-5-12(13)24-3)14(20)18-11-7-10(16)8-17-15(11)21/h4-8H,1-3H3,(H,17,21)(H,18,20). The van der Waals surface area contributed by atoms with Crippen LogP contribution in [0.1, 0.15) is 10.4 Å². The van der Waals surface area contributed by atoms with Gasteiger partial charge in [0.15, 0.2) is 0 Å². The van der Waals surface area contributed by atoms with Crippen LogP contribution in [0.25, 0.3) is 0 Å². The fourth-order valence-electron chi connectivity index (χ4n) is 1.96. The van der Waals surface area contributed by atoms with Crippen LogP contribution in [0, 0.1) is 0 Å². The third kappa shape index (κ3) is 4.09. The van der Waals surface area contributed by atoms with E-state index < -0.39 is 21.5 Å². The molecular weight excluding hydrogens is 414 g/mol. The minimum atomic E-state index is -3.81. The summed E-state index contributed by atoms with van der Waals surface area (Å²) in [4.78, 5) is 26.4. The van der Waals surface area contributed by atoms with Gasteiger partial charge in [-0.3, -0.25) is 9.59 Å². The molecule has 25 heavy (non-hydrogen) atoms. The van der Waals surface area contributed by atoms with Crippen molar-refractivity contribution in [3.63, 3.8) is 0 Å². The highest BCUT2D eigenvalue weighted by atomic mass is 79.9. The molecule has 0 bridgehead atoms. The summed E-state index contributed by atoms with van der Waals surface area (Å²) in [6.07, 6.45) is 1.44. The quantitative estimate of drug-likeness (QED) is 0.750. The highest BCUT2D eigenvalue weighted by Gasteiger charge is 2.24. The summed E-state index contributed by atoms with van der Waals surface area (Å²) in [6.45, 7) is 0. The number of rotatable bonds is 5. The van der Waals surface area contributed by atoms with Crippen molar-refractivity contribution < 1.29 is 17.9 Å². The molecule has 1 aromatic heterocycles. The predicted octanol–water partition coefficient (Wildman–Crippen LogP) is 1.65. The monoisotopic (exact) mass is 429 g/mol. The van der Waals surface area contributed by atoms with Crippen LogP contribution in [0.2, 0.25) is 0 Å². The Bertz CT molecular complexity index is 969. The smallest absolute Gasteiger partial charge is 0.271 e. The van der Waals surface area contributed by atoms with E-state index in [1.165, 1.54) is 51.7 Å². The Morgan fingerprint density at radius 3 is 2.56 bits per heavy atom. The van der Waals surface area contributed by atoms with E-state index in [4.69, 9.17) is 4.74 Å². The Morgan fingerprint density at radius 2 is 1.96 bits per heavy atom. The van der Waals surface area contributed by atoms with Crippen LogP contribution in [0.5, 0.6) is 5.75 Å². The van der Waals surface area contributed by atoms with E-state index in [2.05, 4.69) is 26.2 Å². The maximum absolute atomic E-state index is 12.4. The number of sulfonamides is 1. The van der Waals surface area contributed by atoms with E-state index in [1.54, 1.807) is 0 Å². The average molecular weight is 430 g/mol. The Hall–Kier alpha value is -2.17. The van der Waals surface area contributed by atoms with Crippen molar-refractivity contribution in [2.45, 2.75) is 4.90 Å². The van der Waals surface area contributed by atoms with Crippen molar-refractivity contribution >= 4 is 37.5 Å². The molecule has 0 saturated heterocycles. The first-order chi connectivity index (χ1) is 11.7. The average Bonchev–Trinajstić information content (AvgIpc) is 2.57. The molecule has 0 saturated carbocycles. The van der Waals surface area contributed by atoms with Gasteiger partial charge in [0.1, 0.15) is 16.3 Å². The molecule has 0 spiro atoms. The van der Waals surface area contributed by atoms with Crippen LogP contribution < -0.4 is 15.6 Å². The number of nitrogens with one attached hydrogen (secondary N) is 2. The Morgan fingerprint density at radius 1 is 1.28 bits per heavy atom. The third-order valence-corrected chi connectivity index (χ3v) is 5.59. The molecule has 10 heteroatoms. The van der Waals surface area contributed by atoms with Gasteiger partial charge in [0.2, 0.25) is 10.0 Å². The number of hydrogen-bond donors (Lipinski definition) is 2. The number of aromatic amines is 1. The lowest BCUT2D eigenvalue weighted by molar-refractivity contribution is 0.102. The molecule has 2 N–H and O–H groups in total. The largest absolute Gasteiger partial charge is 0.495 e. The van der Waals surface area contributed by atoms with E-state index in [0.717, 1.165) is 4.31 Å². The van der Waals surface area contributed by atoms with Gasteiger partial charge in [-0.05, 0) is 40.2 Å². The lowest BCUT2D eigenvalue weighted by Gasteiger charge is -2.15. The Labute approximate surface area is 153 Å². The van der Waals surface area contributed by atoms with Crippen LogP contribution in [0.4, 0.5) is 5.69 Å². The number of pyridine rings is 1. The number of anilines is 1. The van der Waals surface area contributed by atoms with Gasteiger partial charge in [0.25, 0.3) is 11.5 Å². The summed E-state index contributed by atoms with van der Waals surface area (Å²) in [7, 11) is 0.283. The third-order valence-electron chi connectivity index (χ3n) is 3.30. The summed E-state index contributed by atoms with van der Waals surface area (Å²) >= 11 is 3.19. The number of ether oxygens (including phenoxy) is 1. The molecule has 1 aromatic carbocycles. The number of nitrogens with zero attached hydrogens (tertiary/aromatic N) is 1. The molecule has 8 nitrogen and oxygen atoms in total. The molecule has 0 aliphatic heterocycles. The zero-order valence-corrected chi connectivity index (χ0v) is 16.1. The van der Waals surface area contributed by atoms with Crippen molar-refractivity contribution in [1.29, 1.82) is 0 Å². The second-order valence-electron chi connectivity index (χ2n) is 5.17. The molecule has 0 aliphatic carbocycles. The van der Waals surface area contributed by atoms with E-state index in [9.17, 15) is 18.0 Å². The van der Waals surface area contributed by atoms with Gasteiger partial charge in [-0.15, -0.1) is 0 Å². The lowest BCUT2D eigenvalue weighted by Crippen LogP contribution is -2.24. The van der Waals surface area contributed by atoms with E-state index in [0.29, 0.717) is 4.47 Å². The van der Waals surface area contributed by atoms with Gasteiger partial charge in [0.05, 0.1) is 7.11 Å². The van der Waals surface area contributed by atoms with E-state index >= 15 is 0 Å². The molecule has 0 unspecified atom stereocenters. The van der Waals surface area contributed by atoms with Crippen molar-refractivity contribution in [2.24, 2.45) is 0 Å². The normalized spacial score (nSPS) is 11.4. The van der Waals surface area contributed by atoms with Gasteiger partial charge in [-0.25, -0.2) is 12.7 Å². The van der Waals surface area contributed by atoms with E-state index in [-0.39, 0.29) is 21.9 Å². The van der Waals surface area contributed by atoms with Gasteiger partial charge in [0, 0.05) is 30.3 Å². The minimum absolute atomic E-state index is 0.0345. The molecule has 0 radical (unpaired) electrons. The SMILES string of the molecule is COc1ccc(C(=O)Nc2cc(Br)c[nH]c2=O)cc1S(=O)(=O)N(C)C. The van der Waals surface area contributed by atoms with Crippen LogP contribution in [-0.4, -0.2) is 44.8 Å². The van der Waals surface area contributed by atoms with Crippen molar-refractivity contribution in [2.75, 3.05) is 26.5 Å². The van der Waals surface area contributed by atoms with Crippen molar-refractivity contribution in [3.05, 3.63) is 50.9 Å². The van der Waals surface area contributed by atoms with Gasteiger partial charge < -0.3 is 15.0 Å². The van der Waals surface area contributed by atoms with E-state index in [1.807, 2.05) is 0 Å². The molecule has 0 atom stereocenters. The molecule has 2 rings (SSSR count). The van der Waals surface area contributed by atoms with Gasteiger partial charge >= 0.3 is 0 Å². The molecule has 0 fully saturated rings. The predicted molar refractivity (Wildman–Crippen MR) is 96.6 cm³/mol. The minimum Gasteiger partial charge on any atom is -0.495 e. The highest BCUT2D eigenvalue weighted by molar-refractivity contribution is 9.10. The first kappa shape index (κ1) is 19.2. The molecule has 0 aliphatic rings. The maximum Gasteiger partial charge on any atom is 0.271 e. The summed E-state index contributed by atoms with van der Waals surface area (Å²) in [6, 6.07) is 5.44. The summed E-state index contributed by atoms with van der Waals surface area (Å²) < 4.78 is 31.5. The van der Waals surface area contributed by atoms with Gasteiger partial charge in [-0.2, -0.15) is 0 Å². The number of benzene rings is 1. The van der Waals surface area contributed by atoms with Gasteiger partial charge in [-0.1, -0.05) is 0 Å². The van der Waals surface area contributed by atoms with Crippen LogP contribution >= 0.6 is 15.9 Å². The number of amides is 1. The number of carbonyl (C=O) groups is 1.